The minimum atomic E-state index is -0.517. The molecule has 3 heteroatoms. The van der Waals surface area contributed by atoms with Crippen LogP contribution >= 0.6 is 11.8 Å². The maximum Gasteiger partial charge on any atom is 0.168 e. The number of rotatable bonds is 1. The number of hydrogen-bond acceptors (Lipinski definition) is 2. The highest BCUT2D eigenvalue weighted by Gasteiger charge is 2.07. The summed E-state index contributed by atoms with van der Waals surface area (Å²) in [6.07, 6.45) is 1.80. The highest BCUT2D eigenvalue weighted by atomic mass is 32.2. The number of halogens is 1. The van der Waals surface area contributed by atoms with Crippen LogP contribution in [-0.2, 0) is 0 Å². The largest absolute Gasteiger partial charge is 0.504 e. The Morgan fingerprint density at radius 3 is 2.64 bits per heavy atom. The highest BCUT2D eigenvalue weighted by molar-refractivity contribution is 7.98. The van der Waals surface area contributed by atoms with E-state index in [0.29, 0.717) is 10.5 Å². The summed E-state index contributed by atoms with van der Waals surface area (Å²) in [7, 11) is 0. The third kappa shape index (κ3) is 1.48. The zero-order chi connectivity index (χ0) is 8.43. The molecule has 0 aliphatic carbocycles. The molecule has 0 spiro atoms. The van der Waals surface area contributed by atoms with E-state index in [0.717, 1.165) is 0 Å². The fraction of sp³-hybridized carbons (Fsp3) is 0.250. The Morgan fingerprint density at radius 1 is 1.45 bits per heavy atom. The normalized spacial score (nSPS) is 10.1. The molecule has 11 heavy (non-hydrogen) atoms. The van der Waals surface area contributed by atoms with Crippen molar-refractivity contribution in [3.63, 3.8) is 0 Å². The zero-order valence-corrected chi connectivity index (χ0v) is 7.20. The molecule has 1 N–H and O–H groups in total. The van der Waals surface area contributed by atoms with Crippen molar-refractivity contribution in [2.24, 2.45) is 0 Å². The molecule has 1 aromatic rings. The van der Waals surface area contributed by atoms with E-state index < -0.39 is 5.82 Å². The van der Waals surface area contributed by atoms with Crippen LogP contribution in [0.25, 0.3) is 0 Å². The number of phenols is 1. The maximum atomic E-state index is 12.9. The van der Waals surface area contributed by atoms with Crippen LogP contribution in [-0.4, -0.2) is 11.4 Å². The molecule has 60 valence electrons. The molecule has 0 bridgehead atoms. The van der Waals surface area contributed by atoms with Gasteiger partial charge in [0.1, 0.15) is 0 Å². The van der Waals surface area contributed by atoms with E-state index in [1.54, 1.807) is 25.3 Å². The Hall–Kier alpha value is -0.700. The molecule has 0 fully saturated rings. The number of hydrogen-bond donors (Lipinski definition) is 1. The first-order valence-corrected chi connectivity index (χ1v) is 4.41. The van der Waals surface area contributed by atoms with E-state index in [4.69, 9.17) is 0 Å². The molecule has 1 aromatic carbocycles. The summed E-state index contributed by atoms with van der Waals surface area (Å²) in [6.45, 7) is 1.62. The lowest BCUT2D eigenvalue weighted by Gasteiger charge is -2.03. The van der Waals surface area contributed by atoms with Gasteiger partial charge in [0.25, 0.3) is 0 Å². The summed E-state index contributed by atoms with van der Waals surface area (Å²) in [5.41, 5.74) is 0.473. The van der Waals surface area contributed by atoms with Gasteiger partial charge >= 0.3 is 0 Å². The number of phenolic OH excluding ortho intramolecular Hbond substituents is 1. The van der Waals surface area contributed by atoms with Gasteiger partial charge in [0.15, 0.2) is 11.6 Å². The van der Waals surface area contributed by atoms with E-state index in [9.17, 15) is 9.50 Å². The third-order valence-corrected chi connectivity index (χ3v) is 2.26. The fourth-order valence-electron chi connectivity index (χ4n) is 0.812. The van der Waals surface area contributed by atoms with Crippen LogP contribution < -0.4 is 0 Å². The SMILES string of the molecule is CSc1ccc(C)c(F)c1O. The predicted molar refractivity (Wildman–Crippen MR) is 44.6 cm³/mol. The second-order valence-electron chi connectivity index (χ2n) is 2.25. The average Bonchev–Trinajstić information content (AvgIpc) is 2.01. The molecule has 0 amide bonds. The van der Waals surface area contributed by atoms with Crippen LogP contribution in [0, 0.1) is 12.7 Å². The summed E-state index contributed by atoms with van der Waals surface area (Å²) in [5.74, 6) is -0.755. The van der Waals surface area contributed by atoms with E-state index in [1.807, 2.05) is 0 Å². The molecule has 1 rings (SSSR count). The van der Waals surface area contributed by atoms with Crippen molar-refractivity contribution in [3.05, 3.63) is 23.5 Å². The Balaban J connectivity index is 3.25. The van der Waals surface area contributed by atoms with E-state index in [-0.39, 0.29) is 5.75 Å². The van der Waals surface area contributed by atoms with Gasteiger partial charge in [-0.3, -0.25) is 0 Å². The van der Waals surface area contributed by atoms with Gasteiger partial charge in [-0.05, 0) is 24.8 Å². The summed E-state index contributed by atoms with van der Waals surface area (Å²) in [6, 6.07) is 3.36. The van der Waals surface area contributed by atoms with Crippen LogP contribution in [0.4, 0.5) is 4.39 Å². The lowest BCUT2D eigenvalue weighted by Crippen LogP contribution is -1.84. The van der Waals surface area contributed by atoms with Crippen molar-refractivity contribution < 1.29 is 9.50 Å². The first-order valence-electron chi connectivity index (χ1n) is 3.19. The van der Waals surface area contributed by atoms with E-state index in [2.05, 4.69) is 0 Å². The van der Waals surface area contributed by atoms with Gasteiger partial charge in [0.2, 0.25) is 0 Å². The highest BCUT2D eigenvalue weighted by Crippen LogP contribution is 2.30. The number of aryl methyl sites for hydroxylation is 1. The van der Waals surface area contributed by atoms with Crippen LogP contribution in [0.1, 0.15) is 5.56 Å². The van der Waals surface area contributed by atoms with Crippen LogP contribution in [0.5, 0.6) is 5.75 Å². The fourth-order valence-corrected chi connectivity index (χ4v) is 1.30. The number of benzene rings is 1. The van der Waals surface area contributed by atoms with Crippen molar-refractivity contribution in [3.8, 4) is 5.75 Å². The Labute approximate surface area is 69.2 Å². The topological polar surface area (TPSA) is 20.2 Å². The molecule has 0 aliphatic rings. The van der Waals surface area contributed by atoms with Crippen LogP contribution in [0.2, 0.25) is 0 Å². The molecular weight excluding hydrogens is 163 g/mol. The van der Waals surface area contributed by atoms with Gasteiger partial charge in [0, 0.05) is 0 Å². The average molecular weight is 172 g/mol. The standard InChI is InChI=1S/C8H9FOS/c1-5-3-4-6(11-2)8(10)7(5)9/h3-4,10H,1-2H3. The van der Waals surface area contributed by atoms with Gasteiger partial charge in [-0.15, -0.1) is 11.8 Å². The first-order chi connectivity index (χ1) is 5.16. The summed E-state index contributed by atoms with van der Waals surface area (Å²) in [5, 5.41) is 9.18. The quantitative estimate of drug-likeness (QED) is 0.657. The number of aromatic hydroxyl groups is 1. The van der Waals surface area contributed by atoms with E-state index in [1.165, 1.54) is 11.8 Å². The molecule has 0 heterocycles. The van der Waals surface area contributed by atoms with Crippen LogP contribution in [0.3, 0.4) is 0 Å². The van der Waals surface area contributed by atoms with Crippen molar-refractivity contribution in [2.75, 3.05) is 6.26 Å². The number of thioether (sulfide) groups is 1. The lowest BCUT2D eigenvalue weighted by molar-refractivity contribution is 0.418. The molecule has 0 radical (unpaired) electrons. The van der Waals surface area contributed by atoms with Crippen molar-refractivity contribution in [1.82, 2.24) is 0 Å². The lowest BCUT2D eigenvalue weighted by atomic mass is 10.2. The predicted octanol–water partition coefficient (Wildman–Crippen LogP) is 2.56. The van der Waals surface area contributed by atoms with Gasteiger partial charge < -0.3 is 5.11 Å². The molecule has 0 unspecified atom stereocenters. The minimum Gasteiger partial charge on any atom is -0.504 e. The molecule has 1 nitrogen and oxygen atoms in total. The van der Waals surface area contributed by atoms with E-state index >= 15 is 0 Å². The smallest absolute Gasteiger partial charge is 0.168 e. The summed E-state index contributed by atoms with van der Waals surface area (Å²) >= 11 is 1.33. The second-order valence-corrected chi connectivity index (χ2v) is 3.10. The summed E-state index contributed by atoms with van der Waals surface area (Å²) in [4.78, 5) is 0.577. The van der Waals surface area contributed by atoms with Gasteiger partial charge in [-0.25, -0.2) is 4.39 Å². The third-order valence-electron chi connectivity index (χ3n) is 1.49. The molecule has 0 aromatic heterocycles. The first kappa shape index (κ1) is 8.40. The second kappa shape index (κ2) is 3.13. The van der Waals surface area contributed by atoms with Crippen molar-refractivity contribution in [1.29, 1.82) is 0 Å². The zero-order valence-electron chi connectivity index (χ0n) is 6.39. The monoisotopic (exact) mass is 172 g/mol. The Morgan fingerprint density at radius 2 is 2.09 bits per heavy atom. The summed E-state index contributed by atoms with van der Waals surface area (Å²) < 4.78 is 12.9. The minimum absolute atomic E-state index is 0.238. The van der Waals surface area contributed by atoms with Crippen LogP contribution in [0.15, 0.2) is 17.0 Å². The van der Waals surface area contributed by atoms with Gasteiger partial charge in [-0.2, -0.15) is 0 Å². The van der Waals surface area contributed by atoms with Crippen molar-refractivity contribution >= 4 is 11.8 Å². The molecule has 0 atom stereocenters. The van der Waals surface area contributed by atoms with Crippen molar-refractivity contribution in [2.45, 2.75) is 11.8 Å². The molecule has 0 saturated carbocycles. The Kier molecular flexibility index (Phi) is 2.39. The molecular formula is C8H9FOS. The maximum absolute atomic E-state index is 12.9. The van der Waals surface area contributed by atoms with Gasteiger partial charge in [-0.1, -0.05) is 6.07 Å². The molecule has 0 saturated heterocycles. The molecule has 0 aliphatic heterocycles. The van der Waals surface area contributed by atoms with Gasteiger partial charge in [0.05, 0.1) is 4.90 Å². The Bertz CT molecular complexity index is 273.